The summed E-state index contributed by atoms with van der Waals surface area (Å²) in [7, 11) is 0. The van der Waals surface area contributed by atoms with E-state index in [-0.39, 0.29) is 12.2 Å². The fourth-order valence-electron chi connectivity index (χ4n) is 1.62. The molecule has 1 aromatic carbocycles. The van der Waals surface area contributed by atoms with Gasteiger partial charge in [-0.15, -0.1) is 0 Å². The molecule has 19 heavy (non-hydrogen) atoms. The highest BCUT2D eigenvalue weighted by Gasteiger charge is 2.12. The van der Waals surface area contributed by atoms with E-state index in [0.29, 0.717) is 25.2 Å². The van der Waals surface area contributed by atoms with Crippen LogP contribution >= 0.6 is 0 Å². The number of ketones is 1. The van der Waals surface area contributed by atoms with Crippen LogP contribution in [0.5, 0.6) is 0 Å². The fourth-order valence-corrected chi connectivity index (χ4v) is 1.62. The molecule has 0 radical (unpaired) electrons. The molecule has 5 nitrogen and oxygen atoms in total. The molecule has 0 spiro atoms. The van der Waals surface area contributed by atoms with Crippen molar-refractivity contribution < 1.29 is 19.4 Å². The number of hydrogen-bond donors (Lipinski definition) is 2. The number of carboxylic acid groups (broad SMARTS) is 1. The number of carboxylic acids is 1. The number of Topliss-reactive ketones (excluding diaryl/α,β-unsaturated/α-hetero) is 1. The highest BCUT2D eigenvalue weighted by molar-refractivity contribution is 5.96. The van der Waals surface area contributed by atoms with Gasteiger partial charge in [0.1, 0.15) is 6.04 Å². The number of rotatable bonds is 8. The van der Waals surface area contributed by atoms with E-state index < -0.39 is 12.0 Å². The second-order valence-corrected chi connectivity index (χ2v) is 4.22. The number of benzene rings is 1. The minimum atomic E-state index is -1.03. The minimum absolute atomic E-state index is 0.0162. The molecule has 1 aromatic rings. The van der Waals surface area contributed by atoms with Crippen molar-refractivity contribution in [2.75, 3.05) is 13.2 Å². The lowest BCUT2D eigenvalue weighted by Gasteiger charge is -2.07. The number of aliphatic carboxylic acids is 1. The number of carbonyl (C=O) groups is 2. The van der Waals surface area contributed by atoms with E-state index in [1.165, 1.54) is 0 Å². The third kappa shape index (κ3) is 5.19. The zero-order valence-corrected chi connectivity index (χ0v) is 11.0. The van der Waals surface area contributed by atoms with Crippen molar-refractivity contribution in [1.82, 2.24) is 0 Å². The average molecular weight is 265 g/mol. The van der Waals surface area contributed by atoms with Crippen molar-refractivity contribution in [3.63, 3.8) is 0 Å². The van der Waals surface area contributed by atoms with Crippen molar-refractivity contribution in [3.05, 3.63) is 35.4 Å². The van der Waals surface area contributed by atoms with Gasteiger partial charge in [-0.3, -0.25) is 9.59 Å². The molecule has 0 bridgehead atoms. The van der Waals surface area contributed by atoms with Gasteiger partial charge in [-0.2, -0.15) is 0 Å². The van der Waals surface area contributed by atoms with Crippen molar-refractivity contribution in [2.24, 2.45) is 5.73 Å². The van der Waals surface area contributed by atoms with Crippen molar-refractivity contribution in [3.8, 4) is 0 Å². The molecule has 0 aliphatic heterocycles. The largest absolute Gasteiger partial charge is 0.480 e. The molecule has 5 heteroatoms. The summed E-state index contributed by atoms with van der Waals surface area (Å²) in [6.07, 6.45) is 0.602. The molecule has 3 N–H and O–H groups in total. The Balaban J connectivity index is 2.56. The van der Waals surface area contributed by atoms with Crippen LogP contribution in [0.1, 0.15) is 29.3 Å². The van der Waals surface area contributed by atoms with Gasteiger partial charge in [-0.1, -0.05) is 24.3 Å². The Morgan fingerprint density at radius 1 is 1.32 bits per heavy atom. The van der Waals surface area contributed by atoms with Crippen molar-refractivity contribution in [1.29, 1.82) is 0 Å². The molecule has 104 valence electrons. The quantitative estimate of drug-likeness (QED) is 0.545. The first kappa shape index (κ1) is 15.3. The zero-order valence-electron chi connectivity index (χ0n) is 11.0. The van der Waals surface area contributed by atoms with E-state index in [4.69, 9.17) is 15.6 Å². The Morgan fingerprint density at radius 2 is 1.95 bits per heavy atom. The van der Waals surface area contributed by atoms with Crippen LogP contribution < -0.4 is 5.73 Å². The Hall–Kier alpha value is -1.72. The number of ether oxygens (including phenoxy) is 1. The Morgan fingerprint density at radius 3 is 2.47 bits per heavy atom. The first-order chi connectivity index (χ1) is 9.04. The number of carbonyl (C=O) groups excluding carboxylic acids is 1. The lowest BCUT2D eigenvalue weighted by Crippen LogP contribution is -2.32. The summed E-state index contributed by atoms with van der Waals surface area (Å²) in [5.41, 5.74) is 6.85. The van der Waals surface area contributed by atoms with Crippen LogP contribution in [0.15, 0.2) is 24.3 Å². The van der Waals surface area contributed by atoms with Crippen LogP contribution in [0.2, 0.25) is 0 Å². The van der Waals surface area contributed by atoms with Gasteiger partial charge < -0.3 is 15.6 Å². The second kappa shape index (κ2) is 7.66. The molecule has 1 atom stereocenters. The summed E-state index contributed by atoms with van der Waals surface area (Å²) in [5.74, 6) is -1.01. The minimum Gasteiger partial charge on any atom is -0.480 e. The maximum absolute atomic E-state index is 11.8. The monoisotopic (exact) mass is 265 g/mol. The lowest BCUT2D eigenvalue weighted by molar-refractivity contribution is -0.138. The molecule has 0 heterocycles. The lowest BCUT2D eigenvalue weighted by atomic mass is 10.0. The summed E-state index contributed by atoms with van der Waals surface area (Å²) in [6, 6.07) is 5.93. The van der Waals surface area contributed by atoms with Gasteiger partial charge >= 0.3 is 5.97 Å². The van der Waals surface area contributed by atoms with E-state index in [0.717, 1.165) is 5.56 Å². The Labute approximate surface area is 112 Å². The Bertz CT molecular complexity index is 428. The molecule has 0 amide bonds. The summed E-state index contributed by atoms with van der Waals surface area (Å²) in [6.45, 7) is 2.89. The predicted octanol–water partition coefficient (Wildman–Crippen LogP) is 1.25. The van der Waals surface area contributed by atoms with E-state index in [9.17, 15) is 9.59 Å². The highest BCUT2D eigenvalue weighted by Crippen LogP contribution is 2.09. The average Bonchev–Trinajstić information content (AvgIpc) is 2.39. The van der Waals surface area contributed by atoms with Crippen molar-refractivity contribution in [2.45, 2.75) is 25.8 Å². The standard InChI is InChI=1S/C14H19NO4/c1-2-19-8-7-13(16)11-5-3-10(4-6-11)9-12(15)14(17)18/h3-6,12H,2,7-9,15H2,1H3,(H,17,18). The molecule has 0 fully saturated rings. The molecule has 1 unspecified atom stereocenters. The van der Waals surface area contributed by atoms with Crippen LogP contribution in [0.25, 0.3) is 0 Å². The molecule has 0 aliphatic carbocycles. The van der Waals surface area contributed by atoms with Gasteiger partial charge in [-0.25, -0.2) is 0 Å². The molecule has 0 aliphatic rings. The molecule has 0 saturated carbocycles. The van der Waals surface area contributed by atoms with E-state index in [1.54, 1.807) is 24.3 Å². The third-order valence-corrected chi connectivity index (χ3v) is 2.73. The van der Waals surface area contributed by atoms with Crippen LogP contribution in [0, 0.1) is 0 Å². The third-order valence-electron chi connectivity index (χ3n) is 2.73. The summed E-state index contributed by atoms with van der Waals surface area (Å²) in [5, 5.41) is 8.71. The summed E-state index contributed by atoms with van der Waals surface area (Å²) >= 11 is 0. The smallest absolute Gasteiger partial charge is 0.320 e. The first-order valence-electron chi connectivity index (χ1n) is 6.23. The number of hydrogen-bond acceptors (Lipinski definition) is 4. The van der Waals surface area contributed by atoms with Crippen molar-refractivity contribution >= 4 is 11.8 Å². The summed E-state index contributed by atoms with van der Waals surface area (Å²) in [4.78, 5) is 22.4. The van der Waals surface area contributed by atoms with Gasteiger partial charge in [0.25, 0.3) is 0 Å². The van der Waals surface area contributed by atoms with Crippen LogP contribution in [0.4, 0.5) is 0 Å². The van der Waals surface area contributed by atoms with E-state index in [2.05, 4.69) is 0 Å². The van der Waals surface area contributed by atoms with E-state index >= 15 is 0 Å². The number of nitrogens with two attached hydrogens (primary N) is 1. The molecule has 1 rings (SSSR count). The first-order valence-corrected chi connectivity index (χ1v) is 6.23. The van der Waals surface area contributed by atoms with Crippen LogP contribution in [-0.2, 0) is 16.0 Å². The maximum atomic E-state index is 11.8. The Kier molecular flexibility index (Phi) is 6.18. The second-order valence-electron chi connectivity index (χ2n) is 4.22. The fraction of sp³-hybridized carbons (Fsp3) is 0.429. The van der Waals surface area contributed by atoms with Gasteiger partial charge in [0, 0.05) is 18.6 Å². The predicted molar refractivity (Wildman–Crippen MR) is 71.2 cm³/mol. The van der Waals surface area contributed by atoms with E-state index in [1.807, 2.05) is 6.92 Å². The topological polar surface area (TPSA) is 89.6 Å². The maximum Gasteiger partial charge on any atom is 0.320 e. The molecular formula is C14H19NO4. The van der Waals surface area contributed by atoms with Gasteiger partial charge in [0.2, 0.25) is 0 Å². The summed E-state index contributed by atoms with van der Waals surface area (Å²) < 4.78 is 5.13. The molecular weight excluding hydrogens is 246 g/mol. The zero-order chi connectivity index (χ0) is 14.3. The normalized spacial score (nSPS) is 12.1. The highest BCUT2D eigenvalue weighted by atomic mass is 16.5. The van der Waals surface area contributed by atoms with Crippen LogP contribution in [-0.4, -0.2) is 36.1 Å². The van der Waals surface area contributed by atoms with Gasteiger partial charge in [-0.05, 0) is 18.9 Å². The van der Waals surface area contributed by atoms with Crippen LogP contribution in [0.3, 0.4) is 0 Å². The molecule has 0 saturated heterocycles. The SMILES string of the molecule is CCOCCC(=O)c1ccc(CC(N)C(=O)O)cc1. The van der Waals surface area contributed by atoms with Gasteiger partial charge in [0.15, 0.2) is 5.78 Å². The van der Waals surface area contributed by atoms with Gasteiger partial charge in [0.05, 0.1) is 6.61 Å². The molecule has 0 aromatic heterocycles.